The molecule has 1 atom stereocenters. The number of nitrogen functional groups attached to an aromatic ring is 1. The zero-order valence-corrected chi connectivity index (χ0v) is 18.0. The van der Waals surface area contributed by atoms with Gasteiger partial charge < -0.3 is 16.4 Å². The van der Waals surface area contributed by atoms with Gasteiger partial charge in [-0.25, -0.2) is 9.37 Å². The summed E-state index contributed by atoms with van der Waals surface area (Å²) in [5.41, 5.74) is 9.01. The second kappa shape index (κ2) is 8.79. The number of nitrogens with zero attached hydrogens (tertiary/aromatic N) is 3. The lowest BCUT2D eigenvalue weighted by molar-refractivity contribution is 0.343. The molecule has 4 rings (SSSR count). The highest BCUT2D eigenvalue weighted by molar-refractivity contribution is 6.36. The standard InChI is InChI=1S/C21H23Cl2FN6/c1-12(19-16(22)2-3-17(24)20(19)23)29-18-8-13(9-27-21(18)25)14-10-28-30(11-14)15-4-6-26-7-5-15/h2-3,8-12,15,26,29H,4-7H2,1H3,(H2,25,27)/t12-/m1/s1. The molecule has 0 radical (unpaired) electrons. The quantitative estimate of drug-likeness (QED) is 0.474. The van der Waals surface area contributed by atoms with Gasteiger partial charge in [0.25, 0.3) is 0 Å². The van der Waals surface area contributed by atoms with Gasteiger partial charge in [0, 0.05) is 34.1 Å². The molecule has 30 heavy (non-hydrogen) atoms. The second-order valence-electron chi connectivity index (χ2n) is 7.47. The Labute approximate surface area is 184 Å². The molecule has 1 aromatic carbocycles. The number of rotatable bonds is 5. The average molecular weight is 449 g/mol. The van der Waals surface area contributed by atoms with E-state index in [4.69, 9.17) is 28.9 Å². The number of pyridine rings is 1. The minimum atomic E-state index is -0.519. The highest BCUT2D eigenvalue weighted by Gasteiger charge is 2.19. The molecule has 3 aromatic rings. The summed E-state index contributed by atoms with van der Waals surface area (Å²) in [7, 11) is 0. The van der Waals surface area contributed by atoms with Crippen molar-refractivity contribution in [1.29, 1.82) is 0 Å². The Morgan fingerprint density at radius 1 is 1.23 bits per heavy atom. The predicted octanol–water partition coefficient (Wildman–Crippen LogP) is 5.07. The molecule has 0 saturated carbocycles. The number of piperidine rings is 1. The highest BCUT2D eigenvalue weighted by Crippen LogP contribution is 2.35. The van der Waals surface area contributed by atoms with Gasteiger partial charge in [-0.3, -0.25) is 4.68 Å². The van der Waals surface area contributed by atoms with E-state index in [1.54, 1.807) is 6.20 Å². The van der Waals surface area contributed by atoms with Crippen LogP contribution in [-0.2, 0) is 0 Å². The van der Waals surface area contributed by atoms with Crippen LogP contribution in [0.25, 0.3) is 11.1 Å². The summed E-state index contributed by atoms with van der Waals surface area (Å²) in [5, 5.41) is 11.5. The Morgan fingerprint density at radius 3 is 2.77 bits per heavy atom. The van der Waals surface area contributed by atoms with Crippen molar-refractivity contribution in [3.8, 4) is 11.1 Å². The van der Waals surface area contributed by atoms with E-state index in [9.17, 15) is 4.39 Å². The number of nitrogens with one attached hydrogen (secondary N) is 2. The van der Waals surface area contributed by atoms with Crippen LogP contribution in [0.3, 0.4) is 0 Å². The van der Waals surface area contributed by atoms with Gasteiger partial charge in [-0.15, -0.1) is 0 Å². The molecule has 3 heterocycles. The van der Waals surface area contributed by atoms with Crippen LogP contribution >= 0.6 is 23.2 Å². The maximum atomic E-state index is 13.9. The second-order valence-corrected chi connectivity index (χ2v) is 8.26. The van der Waals surface area contributed by atoms with Crippen molar-refractivity contribution in [2.45, 2.75) is 31.8 Å². The van der Waals surface area contributed by atoms with E-state index in [2.05, 4.69) is 20.7 Å². The van der Waals surface area contributed by atoms with Crippen LogP contribution < -0.4 is 16.4 Å². The fourth-order valence-corrected chi connectivity index (χ4v) is 4.45. The van der Waals surface area contributed by atoms with E-state index in [-0.39, 0.29) is 11.1 Å². The molecule has 4 N–H and O–H groups in total. The fraction of sp³-hybridized carbons (Fsp3) is 0.333. The smallest absolute Gasteiger partial charge is 0.146 e. The van der Waals surface area contributed by atoms with E-state index in [1.807, 2.05) is 30.1 Å². The van der Waals surface area contributed by atoms with Crippen molar-refractivity contribution in [2.24, 2.45) is 0 Å². The lowest BCUT2D eigenvalue weighted by Gasteiger charge is -2.22. The topological polar surface area (TPSA) is 80.8 Å². The Morgan fingerprint density at radius 2 is 2.00 bits per heavy atom. The average Bonchev–Trinajstić information content (AvgIpc) is 3.24. The Kier molecular flexibility index (Phi) is 6.13. The van der Waals surface area contributed by atoms with Gasteiger partial charge in [0.1, 0.15) is 11.6 Å². The zero-order chi connectivity index (χ0) is 21.3. The van der Waals surface area contributed by atoms with Crippen molar-refractivity contribution in [3.05, 3.63) is 58.2 Å². The first kappa shape index (κ1) is 20.9. The summed E-state index contributed by atoms with van der Waals surface area (Å²) < 4.78 is 15.9. The number of aromatic nitrogens is 3. The largest absolute Gasteiger partial charge is 0.382 e. The van der Waals surface area contributed by atoms with Gasteiger partial charge in [0.05, 0.1) is 29.0 Å². The van der Waals surface area contributed by atoms with E-state index in [1.165, 1.54) is 12.1 Å². The minimum Gasteiger partial charge on any atom is -0.382 e. The highest BCUT2D eigenvalue weighted by atomic mass is 35.5. The van der Waals surface area contributed by atoms with Crippen LogP contribution in [0.4, 0.5) is 15.9 Å². The predicted molar refractivity (Wildman–Crippen MR) is 119 cm³/mol. The Hall–Kier alpha value is -2.35. The molecule has 2 aromatic heterocycles. The first-order valence-corrected chi connectivity index (χ1v) is 10.6. The molecular weight excluding hydrogens is 426 g/mol. The molecule has 0 bridgehead atoms. The van der Waals surface area contributed by atoms with Crippen LogP contribution in [-0.4, -0.2) is 27.9 Å². The van der Waals surface area contributed by atoms with Crippen LogP contribution in [0.1, 0.15) is 37.4 Å². The zero-order valence-electron chi connectivity index (χ0n) is 16.5. The molecule has 0 amide bonds. The summed E-state index contributed by atoms with van der Waals surface area (Å²) in [6.45, 7) is 3.84. The number of nitrogens with two attached hydrogens (primary N) is 1. The molecule has 1 saturated heterocycles. The third kappa shape index (κ3) is 4.24. The lowest BCUT2D eigenvalue weighted by atomic mass is 10.1. The third-order valence-corrected chi connectivity index (χ3v) is 6.13. The molecule has 0 spiro atoms. The normalized spacial score (nSPS) is 15.9. The van der Waals surface area contributed by atoms with E-state index >= 15 is 0 Å². The fourth-order valence-electron chi connectivity index (χ4n) is 3.75. The van der Waals surface area contributed by atoms with Crippen LogP contribution in [0.5, 0.6) is 0 Å². The van der Waals surface area contributed by atoms with E-state index in [0.29, 0.717) is 28.1 Å². The minimum absolute atomic E-state index is 0.00608. The van der Waals surface area contributed by atoms with Gasteiger partial charge in [-0.1, -0.05) is 23.2 Å². The molecule has 1 aliphatic heterocycles. The summed E-state index contributed by atoms with van der Waals surface area (Å²) in [5.74, 6) is -0.185. The van der Waals surface area contributed by atoms with Gasteiger partial charge in [0.15, 0.2) is 0 Å². The molecule has 158 valence electrons. The molecular formula is C21H23Cl2FN6. The van der Waals surface area contributed by atoms with Crippen molar-refractivity contribution in [1.82, 2.24) is 20.1 Å². The number of hydrogen-bond donors (Lipinski definition) is 3. The van der Waals surface area contributed by atoms with Crippen molar-refractivity contribution in [2.75, 3.05) is 24.1 Å². The monoisotopic (exact) mass is 448 g/mol. The van der Waals surface area contributed by atoms with Crippen LogP contribution in [0, 0.1) is 5.82 Å². The number of halogens is 3. The number of anilines is 2. The maximum absolute atomic E-state index is 13.9. The van der Waals surface area contributed by atoms with Crippen molar-refractivity contribution in [3.63, 3.8) is 0 Å². The maximum Gasteiger partial charge on any atom is 0.146 e. The van der Waals surface area contributed by atoms with Crippen LogP contribution in [0.2, 0.25) is 10.0 Å². The SMILES string of the molecule is C[C@@H](Nc1cc(-c2cnn(C3CCNCC3)c2)cnc1N)c1c(Cl)ccc(F)c1Cl. The summed E-state index contributed by atoms with van der Waals surface area (Å²) in [6.07, 6.45) is 7.71. The summed E-state index contributed by atoms with van der Waals surface area (Å²) in [6, 6.07) is 4.67. The van der Waals surface area contributed by atoms with Gasteiger partial charge >= 0.3 is 0 Å². The van der Waals surface area contributed by atoms with Crippen LogP contribution in [0.15, 0.2) is 36.8 Å². The van der Waals surface area contributed by atoms with Gasteiger partial charge in [0.2, 0.25) is 0 Å². The Balaban J connectivity index is 1.58. The Bertz CT molecular complexity index is 1050. The first-order chi connectivity index (χ1) is 14.4. The summed E-state index contributed by atoms with van der Waals surface area (Å²) in [4.78, 5) is 4.31. The van der Waals surface area contributed by atoms with Gasteiger partial charge in [-0.2, -0.15) is 5.10 Å². The van der Waals surface area contributed by atoms with E-state index in [0.717, 1.165) is 37.1 Å². The van der Waals surface area contributed by atoms with Crippen molar-refractivity contribution < 1.29 is 4.39 Å². The molecule has 1 aliphatic rings. The molecule has 1 fully saturated rings. The number of benzene rings is 1. The first-order valence-electron chi connectivity index (χ1n) is 9.84. The third-order valence-electron chi connectivity index (χ3n) is 5.42. The number of hydrogen-bond acceptors (Lipinski definition) is 5. The summed E-state index contributed by atoms with van der Waals surface area (Å²) >= 11 is 12.4. The molecule has 0 unspecified atom stereocenters. The lowest BCUT2D eigenvalue weighted by Crippen LogP contribution is -2.29. The van der Waals surface area contributed by atoms with Crippen molar-refractivity contribution >= 4 is 34.7 Å². The molecule has 6 nitrogen and oxygen atoms in total. The molecule has 9 heteroatoms. The van der Waals surface area contributed by atoms with Gasteiger partial charge in [-0.05, 0) is 51.1 Å². The van der Waals surface area contributed by atoms with E-state index < -0.39 is 5.82 Å². The molecule has 0 aliphatic carbocycles.